The van der Waals surface area contributed by atoms with E-state index in [1.165, 1.54) is 0 Å². The molecule has 116 valence electrons. The van der Waals surface area contributed by atoms with Crippen molar-refractivity contribution in [3.05, 3.63) is 18.0 Å². The highest BCUT2D eigenvalue weighted by molar-refractivity contribution is 5.86. The van der Waals surface area contributed by atoms with Gasteiger partial charge in [-0.25, -0.2) is 0 Å². The fourth-order valence-electron chi connectivity index (χ4n) is 2.64. The number of carbonyl (C=O) groups is 1. The molecule has 0 aliphatic heterocycles. The van der Waals surface area contributed by atoms with Crippen LogP contribution in [0.5, 0.6) is 0 Å². The Morgan fingerprint density at radius 2 is 2.05 bits per heavy atom. The maximum absolute atomic E-state index is 12.5. The molecule has 0 bridgehead atoms. The fourth-order valence-corrected chi connectivity index (χ4v) is 2.64. The van der Waals surface area contributed by atoms with E-state index in [1.54, 1.807) is 10.9 Å². The molecule has 2 N–H and O–H groups in total. The van der Waals surface area contributed by atoms with E-state index in [0.29, 0.717) is 13.1 Å². The number of nitrogens with zero attached hydrogens (tertiary/aromatic N) is 3. The third-order valence-electron chi connectivity index (χ3n) is 3.72. The summed E-state index contributed by atoms with van der Waals surface area (Å²) >= 11 is 0. The molecular weight excluding hydrogens is 299 g/mol. The van der Waals surface area contributed by atoms with E-state index in [1.807, 2.05) is 25.1 Å². The van der Waals surface area contributed by atoms with E-state index in [9.17, 15) is 4.79 Å². The SMILES string of the molecule is CCN(Cc1cnn(C)c1)C(=O)C1(N)CCCC1.Cl.Cl. The van der Waals surface area contributed by atoms with Crippen LogP contribution in [0.15, 0.2) is 12.4 Å². The lowest BCUT2D eigenvalue weighted by Crippen LogP contribution is -2.53. The molecule has 0 spiro atoms. The van der Waals surface area contributed by atoms with Gasteiger partial charge in [0.05, 0.1) is 11.7 Å². The highest BCUT2D eigenvalue weighted by Gasteiger charge is 2.39. The van der Waals surface area contributed by atoms with Crippen molar-refractivity contribution in [2.24, 2.45) is 12.8 Å². The van der Waals surface area contributed by atoms with Gasteiger partial charge in [0.2, 0.25) is 5.91 Å². The quantitative estimate of drug-likeness (QED) is 0.920. The number of halogens is 2. The third kappa shape index (κ3) is 4.11. The standard InChI is InChI=1S/C13H22N4O.2ClH/c1-3-17(10-11-8-15-16(2)9-11)12(18)13(14)6-4-5-7-13;;/h8-9H,3-7,10,14H2,1-2H3;2*1H. The Bertz CT molecular complexity index is 430. The number of hydrogen-bond acceptors (Lipinski definition) is 3. The number of likely N-dealkylation sites (N-methyl/N-ethyl adjacent to an activating group) is 1. The van der Waals surface area contributed by atoms with Crippen LogP contribution in [-0.4, -0.2) is 32.7 Å². The van der Waals surface area contributed by atoms with E-state index >= 15 is 0 Å². The minimum absolute atomic E-state index is 0. The molecule has 0 aromatic carbocycles. The minimum Gasteiger partial charge on any atom is -0.337 e. The molecule has 0 radical (unpaired) electrons. The molecule has 1 heterocycles. The Kier molecular flexibility index (Phi) is 7.55. The van der Waals surface area contributed by atoms with Crippen LogP contribution < -0.4 is 5.73 Å². The van der Waals surface area contributed by atoms with Crippen LogP contribution in [0.2, 0.25) is 0 Å². The normalized spacial score (nSPS) is 16.1. The van der Waals surface area contributed by atoms with Crippen LogP contribution in [0.1, 0.15) is 38.2 Å². The molecule has 1 amide bonds. The van der Waals surface area contributed by atoms with Gasteiger partial charge in [-0.3, -0.25) is 9.48 Å². The predicted molar refractivity (Wildman–Crippen MR) is 84.2 cm³/mol. The molecule has 0 atom stereocenters. The van der Waals surface area contributed by atoms with Crippen molar-refractivity contribution in [3.8, 4) is 0 Å². The molecule has 0 saturated heterocycles. The van der Waals surface area contributed by atoms with Crippen LogP contribution in [0.25, 0.3) is 0 Å². The van der Waals surface area contributed by atoms with E-state index in [4.69, 9.17) is 5.73 Å². The number of rotatable bonds is 4. The first-order valence-electron chi connectivity index (χ1n) is 6.61. The Labute approximate surface area is 132 Å². The Hall–Kier alpha value is -0.780. The Balaban J connectivity index is 0.00000180. The summed E-state index contributed by atoms with van der Waals surface area (Å²) in [5, 5.41) is 4.13. The lowest BCUT2D eigenvalue weighted by atomic mass is 9.97. The molecule has 1 aromatic rings. The zero-order chi connectivity index (χ0) is 13.2. The summed E-state index contributed by atoms with van der Waals surface area (Å²) in [5.74, 6) is 0.0892. The van der Waals surface area contributed by atoms with Crippen molar-refractivity contribution < 1.29 is 4.79 Å². The first-order valence-corrected chi connectivity index (χ1v) is 6.61. The number of aromatic nitrogens is 2. The number of aryl methyl sites for hydroxylation is 1. The molecule has 1 saturated carbocycles. The van der Waals surface area contributed by atoms with Crippen molar-refractivity contribution in [1.82, 2.24) is 14.7 Å². The average Bonchev–Trinajstić information content (AvgIpc) is 2.95. The molecular formula is C13H24Cl2N4O. The maximum Gasteiger partial charge on any atom is 0.242 e. The van der Waals surface area contributed by atoms with Crippen molar-refractivity contribution >= 4 is 30.7 Å². The largest absolute Gasteiger partial charge is 0.337 e. The number of amides is 1. The van der Waals surface area contributed by atoms with Crippen LogP contribution in [0.4, 0.5) is 0 Å². The van der Waals surface area contributed by atoms with Crippen molar-refractivity contribution in [3.63, 3.8) is 0 Å². The van der Waals surface area contributed by atoms with Gasteiger partial charge in [-0.1, -0.05) is 12.8 Å². The Morgan fingerprint density at radius 1 is 1.45 bits per heavy atom. The zero-order valence-electron chi connectivity index (χ0n) is 12.0. The van der Waals surface area contributed by atoms with E-state index in [2.05, 4.69) is 5.10 Å². The van der Waals surface area contributed by atoms with E-state index in [0.717, 1.165) is 31.2 Å². The second-order valence-electron chi connectivity index (χ2n) is 5.20. The molecule has 1 aliphatic carbocycles. The summed E-state index contributed by atoms with van der Waals surface area (Å²) in [6.45, 7) is 3.28. The Morgan fingerprint density at radius 3 is 2.50 bits per heavy atom. The van der Waals surface area contributed by atoms with Gasteiger partial charge in [0.1, 0.15) is 0 Å². The summed E-state index contributed by atoms with van der Waals surface area (Å²) in [6, 6.07) is 0. The van der Waals surface area contributed by atoms with Gasteiger partial charge in [-0.05, 0) is 19.8 Å². The molecule has 5 nitrogen and oxygen atoms in total. The van der Waals surface area contributed by atoms with Crippen molar-refractivity contribution in [1.29, 1.82) is 0 Å². The van der Waals surface area contributed by atoms with Gasteiger partial charge in [0, 0.05) is 31.9 Å². The van der Waals surface area contributed by atoms with Crippen LogP contribution >= 0.6 is 24.8 Å². The topological polar surface area (TPSA) is 64.2 Å². The minimum atomic E-state index is -0.627. The highest BCUT2D eigenvalue weighted by Crippen LogP contribution is 2.29. The monoisotopic (exact) mass is 322 g/mol. The lowest BCUT2D eigenvalue weighted by molar-refractivity contribution is -0.137. The summed E-state index contributed by atoms with van der Waals surface area (Å²) < 4.78 is 1.75. The third-order valence-corrected chi connectivity index (χ3v) is 3.72. The summed E-state index contributed by atoms with van der Waals surface area (Å²) in [7, 11) is 1.88. The zero-order valence-corrected chi connectivity index (χ0v) is 13.7. The number of nitrogens with two attached hydrogens (primary N) is 1. The van der Waals surface area contributed by atoms with Crippen molar-refractivity contribution in [2.45, 2.75) is 44.7 Å². The number of carbonyl (C=O) groups excluding carboxylic acids is 1. The first-order chi connectivity index (χ1) is 8.55. The van der Waals surface area contributed by atoms with Gasteiger partial charge in [0.15, 0.2) is 0 Å². The molecule has 7 heteroatoms. The van der Waals surface area contributed by atoms with Crippen LogP contribution in [0, 0.1) is 0 Å². The molecule has 1 aliphatic rings. The van der Waals surface area contributed by atoms with E-state index < -0.39 is 5.54 Å². The molecule has 2 rings (SSSR count). The summed E-state index contributed by atoms with van der Waals surface area (Å²) in [5.41, 5.74) is 6.65. The van der Waals surface area contributed by atoms with Crippen LogP contribution in [0.3, 0.4) is 0 Å². The number of hydrogen-bond donors (Lipinski definition) is 1. The molecule has 20 heavy (non-hydrogen) atoms. The summed E-state index contributed by atoms with van der Waals surface area (Å²) in [4.78, 5) is 14.3. The smallest absolute Gasteiger partial charge is 0.242 e. The average molecular weight is 323 g/mol. The van der Waals surface area contributed by atoms with Crippen LogP contribution in [-0.2, 0) is 18.4 Å². The molecule has 1 aromatic heterocycles. The van der Waals surface area contributed by atoms with Gasteiger partial charge < -0.3 is 10.6 Å². The van der Waals surface area contributed by atoms with Gasteiger partial charge in [-0.15, -0.1) is 24.8 Å². The van der Waals surface area contributed by atoms with E-state index in [-0.39, 0.29) is 30.7 Å². The van der Waals surface area contributed by atoms with Gasteiger partial charge >= 0.3 is 0 Å². The summed E-state index contributed by atoms with van der Waals surface area (Å²) in [6.07, 6.45) is 7.49. The second kappa shape index (κ2) is 7.86. The van der Waals surface area contributed by atoms with Crippen molar-refractivity contribution in [2.75, 3.05) is 6.54 Å². The van der Waals surface area contributed by atoms with Gasteiger partial charge in [0.25, 0.3) is 0 Å². The molecule has 1 fully saturated rings. The van der Waals surface area contributed by atoms with Gasteiger partial charge in [-0.2, -0.15) is 5.10 Å². The fraction of sp³-hybridized carbons (Fsp3) is 0.692. The maximum atomic E-state index is 12.5. The second-order valence-corrected chi connectivity index (χ2v) is 5.20. The molecule has 0 unspecified atom stereocenters. The highest BCUT2D eigenvalue weighted by atomic mass is 35.5. The first kappa shape index (κ1) is 19.2. The lowest BCUT2D eigenvalue weighted by Gasteiger charge is -2.30. The predicted octanol–water partition coefficient (Wildman–Crippen LogP) is 1.88.